The molecule has 1 atom stereocenters. The zero-order chi connectivity index (χ0) is 16.2. The fourth-order valence-corrected chi connectivity index (χ4v) is 2.84. The van der Waals surface area contributed by atoms with E-state index in [0.29, 0.717) is 12.5 Å². The predicted molar refractivity (Wildman–Crippen MR) is 90.4 cm³/mol. The van der Waals surface area contributed by atoms with Crippen LogP contribution < -0.4 is 14.4 Å². The second-order valence-corrected chi connectivity index (χ2v) is 5.94. The minimum Gasteiger partial charge on any atom is -0.497 e. The van der Waals surface area contributed by atoms with Crippen LogP contribution in [0.3, 0.4) is 0 Å². The Balaban J connectivity index is 1.70. The molecule has 1 aromatic carbocycles. The number of methoxy groups -OCH3 is 1. The number of hydrogen-bond acceptors (Lipinski definition) is 5. The van der Waals surface area contributed by atoms with Crippen LogP contribution in [-0.4, -0.2) is 37.3 Å². The van der Waals surface area contributed by atoms with E-state index < -0.39 is 0 Å². The minimum atomic E-state index is 0.436. The van der Waals surface area contributed by atoms with Gasteiger partial charge in [-0.15, -0.1) is 0 Å². The molecule has 0 radical (unpaired) electrons. The maximum atomic E-state index is 5.92. The Morgan fingerprint density at radius 2 is 2.17 bits per heavy atom. The first-order chi connectivity index (χ1) is 11.2. The summed E-state index contributed by atoms with van der Waals surface area (Å²) in [6, 6.07) is 8.12. The van der Waals surface area contributed by atoms with E-state index in [1.165, 1.54) is 5.56 Å². The highest BCUT2D eigenvalue weighted by atomic mass is 16.5. The van der Waals surface area contributed by atoms with Gasteiger partial charge in [-0.3, -0.25) is 0 Å². The topological polar surface area (TPSA) is 47.5 Å². The Hall–Kier alpha value is -2.30. The molecular weight excluding hydrogens is 290 g/mol. The molecule has 0 unspecified atom stereocenters. The summed E-state index contributed by atoms with van der Waals surface area (Å²) < 4.78 is 11.2. The van der Waals surface area contributed by atoms with E-state index in [1.54, 1.807) is 13.4 Å². The maximum absolute atomic E-state index is 5.92. The fraction of sp³-hybridized carbons (Fsp3) is 0.444. The van der Waals surface area contributed by atoms with Crippen molar-refractivity contribution in [2.45, 2.75) is 19.8 Å². The average molecular weight is 313 g/mol. The third kappa shape index (κ3) is 3.55. The van der Waals surface area contributed by atoms with Crippen molar-refractivity contribution in [1.82, 2.24) is 9.97 Å². The summed E-state index contributed by atoms with van der Waals surface area (Å²) in [7, 11) is 3.72. The minimum absolute atomic E-state index is 0.436. The number of aromatic nitrogens is 2. The van der Waals surface area contributed by atoms with Crippen LogP contribution in [0.25, 0.3) is 0 Å². The second kappa shape index (κ2) is 6.86. The molecule has 2 heterocycles. The molecule has 0 amide bonds. The van der Waals surface area contributed by atoms with Crippen molar-refractivity contribution in [3.8, 4) is 11.5 Å². The van der Waals surface area contributed by atoms with E-state index >= 15 is 0 Å². The number of benzene rings is 1. The predicted octanol–water partition coefficient (Wildman–Crippen LogP) is 2.74. The summed E-state index contributed by atoms with van der Waals surface area (Å²) >= 11 is 0. The molecular formula is C18H23N3O2. The van der Waals surface area contributed by atoms with E-state index in [1.807, 2.05) is 19.2 Å². The summed E-state index contributed by atoms with van der Waals surface area (Å²) in [6.45, 7) is 3.75. The lowest BCUT2D eigenvalue weighted by molar-refractivity contribution is 0.219. The van der Waals surface area contributed by atoms with Gasteiger partial charge in [0.2, 0.25) is 0 Å². The van der Waals surface area contributed by atoms with Gasteiger partial charge in [-0.05, 0) is 31.4 Å². The van der Waals surface area contributed by atoms with Gasteiger partial charge in [0.25, 0.3) is 0 Å². The molecule has 23 heavy (non-hydrogen) atoms. The summed E-state index contributed by atoms with van der Waals surface area (Å²) in [5.41, 5.74) is 2.31. The van der Waals surface area contributed by atoms with E-state index in [4.69, 9.17) is 9.47 Å². The largest absolute Gasteiger partial charge is 0.497 e. The lowest BCUT2D eigenvalue weighted by atomic mass is 9.92. The third-order valence-electron chi connectivity index (χ3n) is 4.33. The number of fused-ring (bicyclic) bond motifs is 1. The summed E-state index contributed by atoms with van der Waals surface area (Å²) in [6.07, 6.45) is 3.56. The van der Waals surface area contributed by atoms with Crippen molar-refractivity contribution in [3.05, 3.63) is 41.9 Å². The van der Waals surface area contributed by atoms with Crippen molar-refractivity contribution < 1.29 is 9.47 Å². The average Bonchev–Trinajstić information content (AvgIpc) is 2.60. The third-order valence-corrected chi connectivity index (χ3v) is 4.33. The molecule has 122 valence electrons. The second-order valence-electron chi connectivity index (χ2n) is 5.94. The Bertz CT molecular complexity index is 675. The van der Waals surface area contributed by atoms with Crippen molar-refractivity contribution >= 4 is 5.82 Å². The van der Waals surface area contributed by atoms with Crippen LogP contribution in [0.2, 0.25) is 0 Å². The van der Waals surface area contributed by atoms with Gasteiger partial charge in [-0.1, -0.05) is 6.07 Å². The van der Waals surface area contributed by atoms with Crippen molar-refractivity contribution in [2.24, 2.45) is 5.92 Å². The van der Waals surface area contributed by atoms with Gasteiger partial charge < -0.3 is 14.4 Å². The SMILES string of the molecule is CCN(C)c1cc(C[C@H]2COc3cc(OC)ccc3C2)ncn1. The monoisotopic (exact) mass is 313 g/mol. The summed E-state index contributed by atoms with van der Waals surface area (Å²) in [5.74, 6) is 3.19. The molecule has 0 bridgehead atoms. The number of nitrogens with zero attached hydrogens (tertiary/aromatic N) is 3. The zero-order valence-corrected chi connectivity index (χ0v) is 14.0. The Labute approximate surface area is 137 Å². The quantitative estimate of drug-likeness (QED) is 0.849. The molecule has 0 fully saturated rings. The van der Waals surface area contributed by atoms with Crippen LogP contribution in [0.4, 0.5) is 5.82 Å². The highest BCUT2D eigenvalue weighted by Crippen LogP contribution is 2.32. The van der Waals surface area contributed by atoms with Gasteiger partial charge in [0, 0.05) is 37.3 Å². The molecule has 5 nitrogen and oxygen atoms in total. The van der Waals surface area contributed by atoms with Crippen LogP contribution in [0.5, 0.6) is 11.5 Å². The van der Waals surface area contributed by atoms with Gasteiger partial charge >= 0.3 is 0 Å². The van der Waals surface area contributed by atoms with Crippen LogP contribution >= 0.6 is 0 Å². The maximum Gasteiger partial charge on any atom is 0.131 e. The van der Waals surface area contributed by atoms with Gasteiger partial charge in [-0.2, -0.15) is 0 Å². The molecule has 0 saturated carbocycles. The summed E-state index contributed by atoms with van der Waals surface area (Å²) in [4.78, 5) is 10.9. The highest BCUT2D eigenvalue weighted by Gasteiger charge is 2.21. The van der Waals surface area contributed by atoms with Crippen molar-refractivity contribution in [2.75, 3.05) is 32.2 Å². The molecule has 2 aromatic rings. The normalized spacial score (nSPS) is 16.4. The van der Waals surface area contributed by atoms with E-state index in [2.05, 4.69) is 33.9 Å². The fourth-order valence-electron chi connectivity index (χ4n) is 2.84. The number of anilines is 1. The van der Waals surface area contributed by atoms with E-state index in [9.17, 15) is 0 Å². The van der Waals surface area contributed by atoms with Crippen molar-refractivity contribution in [1.29, 1.82) is 0 Å². The number of hydrogen-bond donors (Lipinski definition) is 0. The standard InChI is InChI=1S/C18H23N3O2/c1-4-21(2)18-9-15(19-12-20-18)8-13-7-14-5-6-16(22-3)10-17(14)23-11-13/h5-6,9-10,12-13H,4,7-8,11H2,1-3H3/t13-/m0/s1. The van der Waals surface area contributed by atoms with Crippen LogP contribution in [0.15, 0.2) is 30.6 Å². The van der Waals surface area contributed by atoms with Gasteiger partial charge in [0.05, 0.1) is 13.7 Å². The van der Waals surface area contributed by atoms with E-state index in [0.717, 1.165) is 42.4 Å². The van der Waals surface area contributed by atoms with E-state index in [-0.39, 0.29) is 0 Å². The highest BCUT2D eigenvalue weighted by molar-refractivity contribution is 5.42. The Morgan fingerprint density at radius 3 is 2.96 bits per heavy atom. The van der Waals surface area contributed by atoms with Gasteiger partial charge in [-0.25, -0.2) is 9.97 Å². The number of ether oxygens (including phenoxy) is 2. The molecule has 1 aliphatic rings. The van der Waals surface area contributed by atoms with Gasteiger partial charge in [0.1, 0.15) is 23.6 Å². The molecule has 1 aromatic heterocycles. The zero-order valence-electron chi connectivity index (χ0n) is 14.0. The first kappa shape index (κ1) is 15.6. The number of rotatable bonds is 5. The molecule has 0 N–H and O–H groups in total. The van der Waals surface area contributed by atoms with Crippen LogP contribution in [-0.2, 0) is 12.8 Å². The van der Waals surface area contributed by atoms with Crippen LogP contribution in [0, 0.1) is 5.92 Å². The molecule has 0 aliphatic carbocycles. The lowest BCUT2D eigenvalue weighted by Crippen LogP contribution is -2.23. The smallest absolute Gasteiger partial charge is 0.131 e. The molecule has 0 spiro atoms. The molecule has 5 heteroatoms. The lowest BCUT2D eigenvalue weighted by Gasteiger charge is -2.25. The van der Waals surface area contributed by atoms with Crippen LogP contribution in [0.1, 0.15) is 18.2 Å². The molecule has 0 saturated heterocycles. The van der Waals surface area contributed by atoms with Gasteiger partial charge in [0.15, 0.2) is 0 Å². The first-order valence-corrected chi connectivity index (χ1v) is 8.01. The van der Waals surface area contributed by atoms with Crippen molar-refractivity contribution in [3.63, 3.8) is 0 Å². The molecule has 1 aliphatic heterocycles. The first-order valence-electron chi connectivity index (χ1n) is 8.01. The Morgan fingerprint density at radius 1 is 1.30 bits per heavy atom. The summed E-state index contributed by atoms with van der Waals surface area (Å²) in [5, 5.41) is 0. The Kier molecular flexibility index (Phi) is 4.65. The molecule has 3 rings (SSSR count).